The lowest BCUT2D eigenvalue weighted by atomic mass is 10.3. The van der Waals surface area contributed by atoms with Gasteiger partial charge >= 0.3 is 0 Å². The Labute approximate surface area is 96.8 Å². The van der Waals surface area contributed by atoms with Gasteiger partial charge in [-0.25, -0.2) is 15.0 Å². The third-order valence-electron chi connectivity index (χ3n) is 1.81. The number of aromatic nitrogens is 3. The van der Waals surface area contributed by atoms with Crippen LogP contribution in [0.4, 0.5) is 11.1 Å². The van der Waals surface area contributed by atoms with Crippen LogP contribution in [0.2, 0.25) is 0 Å². The molecule has 5 nitrogen and oxygen atoms in total. The summed E-state index contributed by atoms with van der Waals surface area (Å²) >= 11 is 1.52. The number of anilines is 2. The van der Waals surface area contributed by atoms with Crippen molar-refractivity contribution in [3.05, 3.63) is 28.5 Å². The van der Waals surface area contributed by atoms with Crippen molar-refractivity contribution in [2.45, 2.75) is 13.8 Å². The zero-order valence-corrected chi connectivity index (χ0v) is 9.67. The van der Waals surface area contributed by atoms with Crippen LogP contribution in [-0.2, 0) is 0 Å². The lowest BCUT2D eigenvalue weighted by Gasteiger charge is -2.01. The maximum absolute atomic E-state index is 8.78. The van der Waals surface area contributed by atoms with E-state index in [0.29, 0.717) is 11.6 Å². The van der Waals surface area contributed by atoms with Gasteiger partial charge in [0.2, 0.25) is 5.95 Å². The largest absolute Gasteiger partial charge is 0.300 e. The molecule has 0 radical (unpaired) electrons. The van der Waals surface area contributed by atoms with Gasteiger partial charge in [0.1, 0.15) is 11.8 Å². The van der Waals surface area contributed by atoms with Crippen molar-refractivity contribution >= 4 is 22.4 Å². The summed E-state index contributed by atoms with van der Waals surface area (Å²) < 4.78 is 0. The van der Waals surface area contributed by atoms with E-state index in [1.807, 2.05) is 19.9 Å². The summed E-state index contributed by atoms with van der Waals surface area (Å²) in [7, 11) is 0. The summed E-state index contributed by atoms with van der Waals surface area (Å²) in [5.74, 6) is 0.408. The molecule has 0 atom stereocenters. The van der Waals surface area contributed by atoms with Gasteiger partial charge in [-0.15, -0.1) is 11.3 Å². The molecule has 0 unspecified atom stereocenters. The van der Waals surface area contributed by atoms with Crippen LogP contribution in [0, 0.1) is 25.2 Å². The third-order valence-corrected chi connectivity index (χ3v) is 2.64. The molecule has 0 aliphatic carbocycles. The van der Waals surface area contributed by atoms with E-state index in [4.69, 9.17) is 5.26 Å². The van der Waals surface area contributed by atoms with Gasteiger partial charge in [-0.1, -0.05) is 0 Å². The van der Waals surface area contributed by atoms with Crippen LogP contribution in [0.1, 0.15) is 16.3 Å². The first kappa shape index (κ1) is 10.5. The zero-order valence-electron chi connectivity index (χ0n) is 8.85. The first-order chi connectivity index (χ1) is 7.67. The van der Waals surface area contributed by atoms with E-state index in [1.54, 1.807) is 12.3 Å². The number of nitrogens with zero attached hydrogens (tertiary/aromatic N) is 4. The molecule has 2 heterocycles. The lowest BCUT2D eigenvalue weighted by Crippen LogP contribution is -1.99. The molecule has 80 valence electrons. The highest BCUT2D eigenvalue weighted by Gasteiger charge is 2.04. The minimum absolute atomic E-state index is 0.350. The molecule has 1 N–H and O–H groups in total. The Morgan fingerprint density at radius 1 is 1.38 bits per heavy atom. The number of thiazole rings is 1. The molecule has 0 aromatic carbocycles. The summed E-state index contributed by atoms with van der Waals surface area (Å²) in [6.45, 7) is 3.79. The van der Waals surface area contributed by atoms with Crippen molar-refractivity contribution in [3.63, 3.8) is 0 Å². The Hall–Kier alpha value is -2.00. The first-order valence-corrected chi connectivity index (χ1v) is 5.44. The van der Waals surface area contributed by atoms with Crippen LogP contribution in [0.25, 0.3) is 0 Å². The fraction of sp³-hybridized carbons (Fsp3) is 0.200. The van der Waals surface area contributed by atoms with Crippen molar-refractivity contribution in [2.75, 3.05) is 5.32 Å². The summed E-state index contributed by atoms with van der Waals surface area (Å²) in [5, 5.41) is 12.5. The molecule has 0 saturated carbocycles. The minimum atomic E-state index is 0.350. The molecular weight excluding hydrogens is 222 g/mol. The molecule has 0 spiro atoms. The van der Waals surface area contributed by atoms with Crippen molar-refractivity contribution < 1.29 is 0 Å². The second-order valence-corrected chi connectivity index (χ2v) is 4.47. The molecule has 6 heteroatoms. The Kier molecular flexibility index (Phi) is 2.79. The van der Waals surface area contributed by atoms with Gasteiger partial charge < -0.3 is 0 Å². The number of hydrogen-bond acceptors (Lipinski definition) is 6. The molecule has 0 aliphatic rings. The van der Waals surface area contributed by atoms with E-state index in [0.717, 1.165) is 15.7 Å². The van der Waals surface area contributed by atoms with Crippen LogP contribution in [0.15, 0.2) is 12.3 Å². The van der Waals surface area contributed by atoms with Crippen LogP contribution < -0.4 is 5.32 Å². The van der Waals surface area contributed by atoms with Crippen LogP contribution in [0.5, 0.6) is 0 Å². The van der Waals surface area contributed by atoms with E-state index in [9.17, 15) is 0 Å². The van der Waals surface area contributed by atoms with E-state index < -0.39 is 0 Å². The predicted octanol–water partition coefficient (Wildman–Crippen LogP) is 2.17. The normalized spacial score (nSPS) is 9.81. The van der Waals surface area contributed by atoms with Crippen LogP contribution in [-0.4, -0.2) is 15.0 Å². The van der Waals surface area contributed by atoms with Crippen molar-refractivity contribution in [3.8, 4) is 6.07 Å². The number of nitrogens with one attached hydrogen (secondary N) is 1. The SMILES string of the molecule is Cc1cc(C#N)nc(Nc2ncc(C)s2)n1. The maximum atomic E-state index is 8.78. The van der Waals surface area contributed by atoms with Gasteiger partial charge in [0.05, 0.1) is 0 Å². The molecule has 0 amide bonds. The quantitative estimate of drug-likeness (QED) is 0.857. The highest BCUT2D eigenvalue weighted by molar-refractivity contribution is 7.15. The van der Waals surface area contributed by atoms with Gasteiger partial charge in [0, 0.05) is 16.8 Å². The number of aryl methyl sites for hydroxylation is 2. The van der Waals surface area contributed by atoms with Crippen LogP contribution in [0.3, 0.4) is 0 Å². The molecule has 2 aromatic heterocycles. The molecule has 2 aromatic rings. The van der Waals surface area contributed by atoms with Crippen molar-refractivity contribution in [2.24, 2.45) is 0 Å². The summed E-state index contributed by atoms with van der Waals surface area (Å²) in [6.07, 6.45) is 1.77. The Morgan fingerprint density at radius 2 is 2.19 bits per heavy atom. The predicted molar refractivity (Wildman–Crippen MR) is 61.6 cm³/mol. The smallest absolute Gasteiger partial charge is 0.230 e. The van der Waals surface area contributed by atoms with E-state index in [1.165, 1.54) is 11.3 Å². The molecule has 0 saturated heterocycles. The van der Waals surface area contributed by atoms with E-state index in [2.05, 4.69) is 20.3 Å². The van der Waals surface area contributed by atoms with E-state index >= 15 is 0 Å². The van der Waals surface area contributed by atoms with Crippen molar-refractivity contribution in [1.82, 2.24) is 15.0 Å². The molecule has 16 heavy (non-hydrogen) atoms. The maximum Gasteiger partial charge on any atom is 0.230 e. The van der Waals surface area contributed by atoms with Gasteiger partial charge in [-0.3, -0.25) is 5.32 Å². The Bertz CT molecular complexity index is 555. The summed E-state index contributed by atoms with van der Waals surface area (Å²) in [4.78, 5) is 13.5. The average molecular weight is 231 g/mol. The topological polar surface area (TPSA) is 74.5 Å². The molecule has 2 rings (SSSR count). The number of rotatable bonds is 2. The highest BCUT2D eigenvalue weighted by atomic mass is 32.1. The van der Waals surface area contributed by atoms with Gasteiger partial charge in [0.25, 0.3) is 0 Å². The monoisotopic (exact) mass is 231 g/mol. The second kappa shape index (κ2) is 4.24. The standard InChI is InChI=1S/C10H9N5S/c1-6-3-8(4-11)14-9(13-6)15-10-12-5-7(2)16-10/h3,5H,1-2H3,(H,12,13,14,15). The van der Waals surface area contributed by atoms with Crippen LogP contribution >= 0.6 is 11.3 Å². The molecular formula is C10H9N5S. The van der Waals surface area contributed by atoms with Gasteiger partial charge in [-0.05, 0) is 19.9 Å². The van der Waals surface area contributed by atoms with E-state index in [-0.39, 0.29) is 0 Å². The average Bonchev–Trinajstić information content (AvgIpc) is 2.63. The summed E-state index contributed by atoms with van der Waals surface area (Å²) in [5.41, 5.74) is 1.10. The molecule has 0 bridgehead atoms. The second-order valence-electron chi connectivity index (χ2n) is 3.23. The lowest BCUT2D eigenvalue weighted by molar-refractivity contribution is 1.08. The Balaban J connectivity index is 2.28. The fourth-order valence-electron chi connectivity index (χ4n) is 1.19. The molecule has 0 fully saturated rings. The zero-order chi connectivity index (χ0) is 11.5. The van der Waals surface area contributed by atoms with Crippen molar-refractivity contribution in [1.29, 1.82) is 5.26 Å². The minimum Gasteiger partial charge on any atom is -0.300 e. The first-order valence-electron chi connectivity index (χ1n) is 4.62. The fourth-order valence-corrected chi connectivity index (χ4v) is 1.85. The molecule has 0 aliphatic heterocycles. The highest BCUT2D eigenvalue weighted by Crippen LogP contribution is 2.19. The number of nitriles is 1. The number of hydrogen-bond donors (Lipinski definition) is 1. The van der Waals surface area contributed by atoms with Gasteiger partial charge in [0.15, 0.2) is 5.13 Å². The van der Waals surface area contributed by atoms with Gasteiger partial charge in [-0.2, -0.15) is 5.26 Å². The third kappa shape index (κ3) is 2.32. The Morgan fingerprint density at radius 3 is 2.81 bits per heavy atom. The summed E-state index contributed by atoms with van der Waals surface area (Å²) in [6, 6.07) is 3.63.